The summed E-state index contributed by atoms with van der Waals surface area (Å²) in [6, 6.07) is 19.8. The first-order chi connectivity index (χ1) is 12.1. The average Bonchev–Trinajstić information content (AvgIpc) is 2.63. The van der Waals surface area contributed by atoms with E-state index in [1.807, 2.05) is 30.3 Å². The molecule has 25 heavy (non-hydrogen) atoms. The van der Waals surface area contributed by atoms with E-state index in [-0.39, 0.29) is 11.6 Å². The van der Waals surface area contributed by atoms with Gasteiger partial charge in [0.15, 0.2) is 0 Å². The summed E-state index contributed by atoms with van der Waals surface area (Å²) in [4.78, 5) is 20.9. The Morgan fingerprint density at radius 1 is 1.00 bits per heavy atom. The fourth-order valence-electron chi connectivity index (χ4n) is 2.24. The van der Waals surface area contributed by atoms with Gasteiger partial charge in [0.1, 0.15) is 17.3 Å². The highest BCUT2D eigenvalue weighted by Gasteiger charge is 2.11. The van der Waals surface area contributed by atoms with Crippen molar-refractivity contribution in [3.05, 3.63) is 77.7 Å². The van der Waals surface area contributed by atoms with E-state index in [1.165, 1.54) is 0 Å². The molecular weight excluding hydrogens is 314 g/mol. The molecule has 2 aromatic carbocycles. The van der Waals surface area contributed by atoms with Crippen molar-refractivity contribution >= 4 is 23.1 Å². The van der Waals surface area contributed by atoms with Gasteiger partial charge >= 0.3 is 0 Å². The number of carbonyl (C=O) groups is 1. The van der Waals surface area contributed by atoms with Crippen LogP contribution in [-0.2, 0) is 0 Å². The third-order valence-corrected chi connectivity index (χ3v) is 3.39. The molecule has 0 atom stereocenters. The van der Waals surface area contributed by atoms with Crippen LogP contribution in [0.4, 0.5) is 17.2 Å². The van der Waals surface area contributed by atoms with Crippen molar-refractivity contribution in [3.8, 4) is 6.07 Å². The van der Waals surface area contributed by atoms with E-state index in [0.717, 1.165) is 5.69 Å². The molecular formula is C19H15N5O. The molecule has 0 fully saturated rings. The third kappa shape index (κ3) is 4.18. The lowest BCUT2D eigenvalue weighted by Gasteiger charge is -2.09. The summed E-state index contributed by atoms with van der Waals surface area (Å²) in [5, 5.41) is 14.8. The van der Waals surface area contributed by atoms with Gasteiger partial charge in [0.2, 0.25) is 0 Å². The van der Waals surface area contributed by atoms with Crippen molar-refractivity contribution in [2.75, 3.05) is 10.6 Å². The maximum Gasteiger partial charge on any atom is 0.274 e. The van der Waals surface area contributed by atoms with Crippen LogP contribution in [0.25, 0.3) is 0 Å². The van der Waals surface area contributed by atoms with Crippen molar-refractivity contribution in [2.45, 2.75) is 6.92 Å². The Morgan fingerprint density at radius 2 is 1.72 bits per heavy atom. The number of hydrogen-bond acceptors (Lipinski definition) is 5. The van der Waals surface area contributed by atoms with Crippen LogP contribution in [0, 0.1) is 18.3 Å². The molecule has 2 N–H and O–H groups in total. The molecule has 0 aliphatic rings. The summed E-state index contributed by atoms with van der Waals surface area (Å²) in [5.41, 5.74) is 2.32. The molecule has 0 unspecified atom stereocenters. The first kappa shape index (κ1) is 16.1. The predicted molar refractivity (Wildman–Crippen MR) is 95.6 cm³/mol. The Hall–Kier alpha value is -3.72. The van der Waals surface area contributed by atoms with E-state index >= 15 is 0 Å². The molecule has 0 saturated carbocycles. The molecule has 1 aromatic heterocycles. The number of benzene rings is 2. The number of nitriles is 1. The van der Waals surface area contributed by atoms with Gasteiger partial charge in [-0.25, -0.2) is 9.97 Å². The fraction of sp³-hybridized carbons (Fsp3) is 0.0526. The van der Waals surface area contributed by atoms with E-state index in [1.54, 1.807) is 37.3 Å². The molecule has 0 aliphatic carbocycles. The largest absolute Gasteiger partial charge is 0.340 e. The number of rotatable bonds is 4. The van der Waals surface area contributed by atoms with E-state index in [2.05, 4.69) is 26.7 Å². The predicted octanol–water partition coefficient (Wildman–Crippen LogP) is 3.65. The van der Waals surface area contributed by atoms with Crippen LogP contribution in [-0.4, -0.2) is 15.9 Å². The van der Waals surface area contributed by atoms with Crippen LogP contribution in [0.1, 0.15) is 21.9 Å². The smallest absolute Gasteiger partial charge is 0.274 e. The van der Waals surface area contributed by atoms with Crippen LogP contribution in [0.15, 0.2) is 60.7 Å². The molecule has 122 valence electrons. The Labute approximate surface area is 145 Å². The molecule has 0 bridgehead atoms. The van der Waals surface area contributed by atoms with Gasteiger partial charge in [-0.2, -0.15) is 5.26 Å². The quantitative estimate of drug-likeness (QED) is 0.762. The summed E-state index contributed by atoms with van der Waals surface area (Å²) >= 11 is 0. The van der Waals surface area contributed by atoms with E-state index in [0.29, 0.717) is 22.9 Å². The summed E-state index contributed by atoms with van der Waals surface area (Å²) in [7, 11) is 0. The Balaban J connectivity index is 1.80. The van der Waals surface area contributed by atoms with Gasteiger partial charge in [-0.3, -0.25) is 4.79 Å². The van der Waals surface area contributed by atoms with Crippen LogP contribution in [0.3, 0.4) is 0 Å². The number of carbonyl (C=O) groups excluding carboxylic acids is 1. The van der Waals surface area contributed by atoms with Crippen molar-refractivity contribution in [2.24, 2.45) is 0 Å². The number of hydrogen-bond donors (Lipinski definition) is 2. The van der Waals surface area contributed by atoms with Crippen molar-refractivity contribution in [1.29, 1.82) is 5.26 Å². The van der Waals surface area contributed by atoms with Gasteiger partial charge in [-0.15, -0.1) is 0 Å². The molecule has 1 amide bonds. The number of anilines is 3. The zero-order chi connectivity index (χ0) is 17.6. The third-order valence-electron chi connectivity index (χ3n) is 3.39. The average molecular weight is 329 g/mol. The van der Waals surface area contributed by atoms with Crippen molar-refractivity contribution in [1.82, 2.24) is 9.97 Å². The SMILES string of the molecule is Cc1nc(Nc2ccc(C#N)cc2)cc(C(=O)Nc2ccccc2)n1. The monoisotopic (exact) mass is 329 g/mol. The summed E-state index contributed by atoms with van der Waals surface area (Å²) in [6.07, 6.45) is 0. The number of amides is 1. The minimum absolute atomic E-state index is 0.271. The summed E-state index contributed by atoms with van der Waals surface area (Å²) in [6.45, 7) is 1.73. The highest BCUT2D eigenvalue weighted by atomic mass is 16.1. The minimum Gasteiger partial charge on any atom is -0.340 e. The van der Waals surface area contributed by atoms with Gasteiger partial charge < -0.3 is 10.6 Å². The van der Waals surface area contributed by atoms with E-state index in [4.69, 9.17) is 5.26 Å². The van der Waals surface area contributed by atoms with Gasteiger partial charge in [0, 0.05) is 17.4 Å². The molecule has 3 rings (SSSR count). The molecule has 3 aromatic rings. The van der Waals surface area contributed by atoms with Gasteiger partial charge in [0.05, 0.1) is 11.6 Å². The minimum atomic E-state index is -0.306. The topological polar surface area (TPSA) is 90.7 Å². The molecule has 6 heteroatoms. The van der Waals surface area contributed by atoms with E-state index < -0.39 is 0 Å². The Bertz CT molecular complexity index is 930. The zero-order valence-electron chi connectivity index (χ0n) is 13.5. The first-order valence-corrected chi connectivity index (χ1v) is 7.63. The standard InChI is InChI=1S/C19H15N5O/c1-13-21-17(19(25)24-15-5-3-2-4-6-15)11-18(22-13)23-16-9-7-14(12-20)8-10-16/h2-11H,1H3,(H,24,25)(H,21,22,23). The van der Waals surface area contributed by atoms with Gasteiger partial charge in [0.25, 0.3) is 5.91 Å². The number of nitrogens with one attached hydrogen (secondary N) is 2. The maximum absolute atomic E-state index is 12.4. The molecule has 1 heterocycles. The second-order valence-electron chi connectivity index (χ2n) is 5.32. The number of para-hydroxylation sites is 1. The Kier molecular flexibility index (Phi) is 4.67. The molecule has 6 nitrogen and oxygen atoms in total. The lowest BCUT2D eigenvalue weighted by molar-refractivity contribution is 0.102. The van der Waals surface area contributed by atoms with Crippen molar-refractivity contribution in [3.63, 3.8) is 0 Å². The second-order valence-corrected chi connectivity index (χ2v) is 5.32. The maximum atomic E-state index is 12.4. The van der Waals surface area contributed by atoms with Gasteiger partial charge in [-0.05, 0) is 43.3 Å². The zero-order valence-corrected chi connectivity index (χ0v) is 13.5. The number of nitrogens with zero attached hydrogens (tertiary/aromatic N) is 3. The van der Waals surface area contributed by atoms with Crippen LogP contribution in [0.2, 0.25) is 0 Å². The van der Waals surface area contributed by atoms with E-state index in [9.17, 15) is 4.79 Å². The fourth-order valence-corrected chi connectivity index (χ4v) is 2.24. The Morgan fingerprint density at radius 3 is 2.40 bits per heavy atom. The molecule has 0 spiro atoms. The molecule has 0 radical (unpaired) electrons. The summed E-state index contributed by atoms with van der Waals surface area (Å²) in [5.74, 6) is 0.687. The molecule has 0 saturated heterocycles. The highest BCUT2D eigenvalue weighted by Crippen LogP contribution is 2.17. The lowest BCUT2D eigenvalue weighted by Crippen LogP contribution is -2.15. The second kappa shape index (κ2) is 7.23. The normalized spacial score (nSPS) is 9.92. The summed E-state index contributed by atoms with van der Waals surface area (Å²) < 4.78 is 0. The number of aromatic nitrogens is 2. The lowest BCUT2D eigenvalue weighted by atomic mass is 10.2. The first-order valence-electron chi connectivity index (χ1n) is 7.63. The number of aryl methyl sites for hydroxylation is 1. The van der Waals surface area contributed by atoms with Crippen LogP contribution >= 0.6 is 0 Å². The van der Waals surface area contributed by atoms with Gasteiger partial charge in [-0.1, -0.05) is 18.2 Å². The van der Waals surface area contributed by atoms with Crippen molar-refractivity contribution < 1.29 is 4.79 Å². The van der Waals surface area contributed by atoms with Crippen LogP contribution < -0.4 is 10.6 Å². The highest BCUT2D eigenvalue weighted by molar-refractivity contribution is 6.03. The van der Waals surface area contributed by atoms with Crippen LogP contribution in [0.5, 0.6) is 0 Å². The molecule has 0 aliphatic heterocycles.